The molecule has 1 fully saturated rings. The Hall–Kier alpha value is -2.14. The molecule has 5 nitrogen and oxygen atoms in total. The summed E-state index contributed by atoms with van der Waals surface area (Å²) in [5, 5.41) is 30.4. The van der Waals surface area contributed by atoms with Gasteiger partial charge in [0.25, 0.3) is 0 Å². The summed E-state index contributed by atoms with van der Waals surface area (Å²) in [6, 6.07) is 9.06. The number of allylic oxidation sites excluding steroid dienone is 2. The van der Waals surface area contributed by atoms with Crippen LogP contribution in [0.25, 0.3) is 0 Å². The summed E-state index contributed by atoms with van der Waals surface area (Å²) < 4.78 is 0. The smallest absolute Gasteiger partial charge is 0.311 e. The maximum Gasteiger partial charge on any atom is 0.311 e. The number of carbonyl (C=O) groups is 2. The number of carboxylic acids is 2. The second-order valence-corrected chi connectivity index (χ2v) is 6.62. The van der Waals surface area contributed by atoms with Crippen LogP contribution in [0, 0.1) is 16.7 Å². The van der Waals surface area contributed by atoms with E-state index in [0.717, 1.165) is 5.56 Å². The molecule has 0 bridgehead atoms. The van der Waals surface area contributed by atoms with Crippen molar-refractivity contribution in [2.24, 2.45) is 16.7 Å². The average Bonchev–Trinajstić information content (AvgIpc) is 2.80. The van der Waals surface area contributed by atoms with E-state index in [2.05, 4.69) is 0 Å². The molecule has 0 aliphatic heterocycles. The lowest BCUT2D eigenvalue weighted by atomic mass is 9.56. The second-order valence-electron chi connectivity index (χ2n) is 6.62. The summed E-state index contributed by atoms with van der Waals surface area (Å²) in [4.78, 5) is 24.4. The molecular formula is C18H20O5. The van der Waals surface area contributed by atoms with Crippen molar-refractivity contribution >= 4 is 11.9 Å². The van der Waals surface area contributed by atoms with Crippen molar-refractivity contribution in [2.75, 3.05) is 0 Å². The summed E-state index contributed by atoms with van der Waals surface area (Å²) in [6.07, 6.45) is 3.28. The second kappa shape index (κ2) is 5.49. The lowest BCUT2D eigenvalue weighted by Gasteiger charge is -2.43. The van der Waals surface area contributed by atoms with E-state index in [0.29, 0.717) is 6.42 Å². The number of aliphatic hydroxyl groups excluding tert-OH is 1. The maximum absolute atomic E-state index is 12.2. The summed E-state index contributed by atoms with van der Waals surface area (Å²) in [5.74, 6) is -2.83. The number of carboxylic acid groups (broad SMARTS) is 2. The Balaban J connectivity index is 2.16. The van der Waals surface area contributed by atoms with Crippen LogP contribution in [0.2, 0.25) is 0 Å². The fourth-order valence-corrected chi connectivity index (χ4v) is 4.56. The molecule has 5 heteroatoms. The third kappa shape index (κ3) is 2.10. The molecule has 1 aromatic rings. The third-order valence-electron chi connectivity index (χ3n) is 5.65. The van der Waals surface area contributed by atoms with Gasteiger partial charge in [0.2, 0.25) is 0 Å². The first-order chi connectivity index (χ1) is 10.9. The van der Waals surface area contributed by atoms with Gasteiger partial charge in [0.1, 0.15) is 0 Å². The normalized spacial score (nSPS) is 35.7. The van der Waals surface area contributed by atoms with Gasteiger partial charge < -0.3 is 15.3 Å². The Morgan fingerprint density at radius 3 is 2.39 bits per heavy atom. The number of benzene rings is 1. The van der Waals surface area contributed by atoms with Gasteiger partial charge >= 0.3 is 11.9 Å². The largest absolute Gasteiger partial charge is 0.481 e. The molecule has 1 aromatic carbocycles. The Kier molecular flexibility index (Phi) is 3.76. The minimum atomic E-state index is -1.50. The van der Waals surface area contributed by atoms with Crippen LogP contribution in [-0.2, 0) is 16.0 Å². The average molecular weight is 316 g/mol. The highest BCUT2D eigenvalue weighted by molar-refractivity contribution is 5.89. The lowest BCUT2D eigenvalue weighted by molar-refractivity contribution is -0.175. The van der Waals surface area contributed by atoms with E-state index in [9.17, 15) is 24.9 Å². The minimum absolute atomic E-state index is 0.0319. The van der Waals surface area contributed by atoms with E-state index in [-0.39, 0.29) is 19.3 Å². The molecule has 3 N–H and O–H groups in total. The monoisotopic (exact) mass is 316 g/mol. The number of aliphatic carboxylic acids is 2. The molecule has 23 heavy (non-hydrogen) atoms. The highest BCUT2D eigenvalue weighted by Crippen LogP contribution is 2.62. The first-order valence-electron chi connectivity index (χ1n) is 7.78. The van der Waals surface area contributed by atoms with E-state index < -0.39 is 34.8 Å². The molecule has 1 unspecified atom stereocenters. The molecule has 0 aromatic heterocycles. The first-order valence-corrected chi connectivity index (χ1v) is 7.78. The highest BCUT2D eigenvalue weighted by atomic mass is 16.4. The minimum Gasteiger partial charge on any atom is -0.481 e. The SMILES string of the molecule is O=C(O)[C@]1(Cc2ccccc2)CC(O)[C@H]2CC=CC[C@]21C(=O)O. The van der Waals surface area contributed by atoms with E-state index >= 15 is 0 Å². The van der Waals surface area contributed by atoms with Gasteiger partial charge in [-0.1, -0.05) is 42.5 Å². The fourth-order valence-electron chi connectivity index (χ4n) is 4.56. The maximum atomic E-state index is 12.2. The van der Waals surface area contributed by atoms with Crippen LogP contribution in [0.1, 0.15) is 24.8 Å². The molecule has 2 aliphatic carbocycles. The van der Waals surface area contributed by atoms with Gasteiger partial charge in [0, 0.05) is 5.92 Å². The van der Waals surface area contributed by atoms with Gasteiger partial charge in [-0.05, 0) is 31.2 Å². The Morgan fingerprint density at radius 2 is 1.78 bits per heavy atom. The quantitative estimate of drug-likeness (QED) is 0.740. The Bertz CT molecular complexity index is 653. The van der Waals surface area contributed by atoms with Crippen LogP contribution in [0.5, 0.6) is 0 Å². The standard InChI is InChI=1S/C18H20O5/c19-14-11-17(15(20)21,10-12-6-2-1-3-7-12)18(16(22)23)9-5-4-8-13(14)18/h1-7,13-14,19H,8-11H2,(H,20,21)(H,22,23)/t13-,14?,17+,18-/m1/s1. The van der Waals surface area contributed by atoms with Crippen molar-refractivity contribution in [2.45, 2.75) is 31.8 Å². The molecule has 0 radical (unpaired) electrons. The zero-order valence-electron chi connectivity index (χ0n) is 12.7. The van der Waals surface area contributed by atoms with Crippen molar-refractivity contribution in [3.63, 3.8) is 0 Å². The molecule has 1 saturated carbocycles. The molecule has 0 amide bonds. The topological polar surface area (TPSA) is 94.8 Å². The van der Waals surface area contributed by atoms with Gasteiger partial charge in [0.15, 0.2) is 0 Å². The molecule has 3 rings (SSSR count). The van der Waals surface area contributed by atoms with Gasteiger partial charge in [-0.25, -0.2) is 0 Å². The van der Waals surface area contributed by atoms with Crippen molar-refractivity contribution in [3.05, 3.63) is 48.0 Å². The Labute approximate surface area is 134 Å². The summed E-state index contributed by atoms with van der Waals surface area (Å²) in [7, 11) is 0. The van der Waals surface area contributed by atoms with E-state index in [1.807, 2.05) is 24.3 Å². The predicted molar refractivity (Wildman–Crippen MR) is 82.8 cm³/mol. The van der Waals surface area contributed by atoms with E-state index in [4.69, 9.17) is 0 Å². The number of aliphatic hydroxyl groups is 1. The van der Waals surface area contributed by atoms with Gasteiger partial charge in [-0.3, -0.25) is 9.59 Å². The van der Waals surface area contributed by atoms with Crippen molar-refractivity contribution in [1.29, 1.82) is 0 Å². The van der Waals surface area contributed by atoms with Crippen molar-refractivity contribution in [1.82, 2.24) is 0 Å². The van der Waals surface area contributed by atoms with Crippen LogP contribution in [0.3, 0.4) is 0 Å². The zero-order valence-corrected chi connectivity index (χ0v) is 12.7. The van der Waals surface area contributed by atoms with Crippen LogP contribution in [0.15, 0.2) is 42.5 Å². The van der Waals surface area contributed by atoms with Gasteiger partial charge in [-0.15, -0.1) is 0 Å². The lowest BCUT2D eigenvalue weighted by Crippen LogP contribution is -2.53. The van der Waals surface area contributed by atoms with Crippen molar-refractivity contribution < 1.29 is 24.9 Å². The number of rotatable bonds is 4. The Morgan fingerprint density at radius 1 is 1.09 bits per heavy atom. The summed E-state index contributed by atoms with van der Waals surface area (Å²) in [6.45, 7) is 0. The summed E-state index contributed by atoms with van der Waals surface area (Å²) >= 11 is 0. The van der Waals surface area contributed by atoms with E-state index in [1.165, 1.54) is 0 Å². The summed E-state index contributed by atoms with van der Waals surface area (Å²) in [5.41, 5.74) is -2.20. The molecule has 2 aliphatic rings. The molecule has 0 saturated heterocycles. The molecule has 4 atom stereocenters. The van der Waals surface area contributed by atoms with Crippen LogP contribution >= 0.6 is 0 Å². The molecule has 122 valence electrons. The predicted octanol–water partition coefficient (Wildman–Crippen LogP) is 2.10. The van der Waals surface area contributed by atoms with Crippen molar-refractivity contribution in [3.8, 4) is 0 Å². The highest BCUT2D eigenvalue weighted by Gasteiger charge is 2.70. The molecular weight excluding hydrogens is 296 g/mol. The van der Waals surface area contributed by atoms with Gasteiger partial charge in [0.05, 0.1) is 16.9 Å². The van der Waals surface area contributed by atoms with Crippen LogP contribution < -0.4 is 0 Å². The molecule has 0 heterocycles. The first kappa shape index (κ1) is 15.7. The van der Waals surface area contributed by atoms with Crippen LogP contribution in [-0.4, -0.2) is 33.4 Å². The van der Waals surface area contributed by atoms with Crippen LogP contribution in [0.4, 0.5) is 0 Å². The third-order valence-corrected chi connectivity index (χ3v) is 5.65. The molecule has 0 spiro atoms. The zero-order chi connectivity index (χ0) is 16.7. The van der Waals surface area contributed by atoms with Gasteiger partial charge in [-0.2, -0.15) is 0 Å². The number of hydrogen-bond acceptors (Lipinski definition) is 3. The fraction of sp³-hybridized carbons (Fsp3) is 0.444. The number of hydrogen-bond donors (Lipinski definition) is 3. The number of fused-ring (bicyclic) bond motifs is 1. The van der Waals surface area contributed by atoms with E-state index in [1.54, 1.807) is 18.2 Å².